The molecule has 1 aromatic carbocycles. The molecule has 1 amide bonds. The number of aromatic nitrogens is 4. The number of hydrogen-bond acceptors (Lipinski definition) is 7. The number of hydrogen-bond donors (Lipinski definition) is 1. The van der Waals surface area contributed by atoms with E-state index in [1.807, 2.05) is 16.6 Å². The van der Waals surface area contributed by atoms with Crippen molar-refractivity contribution >= 4 is 11.7 Å². The molecular weight excluding hydrogens is 494 g/mol. The molecule has 4 aliphatic rings. The standard InChI is InChI=1S/C30H37N5O4/c1-29-11-9-24(36)33-23(29)7-6-17-19(29)8-10-30(2)20(17)14-18-25(35-28(31-15-32-35)34-27(18)30)16-12-21(37-3)26(39-5)22(13-16)38-4/h12-13,15,17,19-20,23H,6-11,14H2,1-5H3,(H,33,36)/t17-,19+,20+,23-,29-,30+/m1/s1. The quantitative estimate of drug-likeness (QED) is 0.534. The number of carbonyl (C=O) groups is 1. The number of benzene rings is 1. The number of methoxy groups -OCH3 is 3. The first-order valence-electron chi connectivity index (χ1n) is 14.1. The molecule has 3 aliphatic carbocycles. The van der Waals surface area contributed by atoms with Gasteiger partial charge in [-0.05, 0) is 73.8 Å². The zero-order chi connectivity index (χ0) is 27.1. The van der Waals surface area contributed by atoms with Gasteiger partial charge in [0.2, 0.25) is 11.7 Å². The molecule has 9 nitrogen and oxygen atoms in total. The van der Waals surface area contributed by atoms with Crippen molar-refractivity contribution in [1.29, 1.82) is 0 Å². The minimum Gasteiger partial charge on any atom is -0.493 e. The topological polar surface area (TPSA) is 99.9 Å². The third-order valence-corrected chi connectivity index (χ3v) is 10.9. The Bertz CT molecular complexity index is 1460. The second-order valence-corrected chi connectivity index (χ2v) is 12.4. The third-order valence-electron chi connectivity index (χ3n) is 10.9. The lowest BCUT2D eigenvalue weighted by atomic mass is 9.47. The summed E-state index contributed by atoms with van der Waals surface area (Å²) in [5.41, 5.74) is 4.50. The smallest absolute Gasteiger partial charge is 0.252 e. The maximum atomic E-state index is 12.2. The van der Waals surface area contributed by atoms with Crippen molar-refractivity contribution in [3.63, 3.8) is 0 Å². The lowest BCUT2D eigenvalue weighted by Gasteiger charge is -2.59. The first kappa shape index (κ1) is 24.7. The number of rotatable bonds is 4. The van der Waals surface area contributed by atoms with E-state index in [1.165, 1.54) is 17.7 Å². The van der Waals surface area contributed by atoms with Crippen LogP contribution in [0.3, 0.4) is 0 Å². The SMILES string of the molecule is COc1cc(-c2c3c(nc4ncnn24)[C@@]2(C)CC[C@H]4[C@@H](CC[C@H]5NC(=O)CC[C@@]54C)[C@@H]2C3)cc(OC)c1OC. The van der Waals surface area contributed by atoms with Gasteiger partial charge >= 0.3 is 0 Å². The van der Waals surface area contributed by atoms with Gasteiger partial charge in [-0.2, -0.15) is 14.6 Å². The predicted molar refractivity (Wildman–Crippen MR) is 145 cm³/mol. The van der Waals surface area contributed by atoms with E-state index in [2.05, 4.69) is 29.2 Å². The van der Waals surface area contributed by atoms with Crippen LogP contribution in [-0.4, -0.2) is 52.9 Å². The summed E-state index contributed by atoms with van der Waals surface area (Å²) >= 11 is 0. The summed E-state index contributed by atoms with van der Waals surface area (Å²) in [4.78, 5) is 21.9. The van der Waals surface area contributed by atoms with Gasteiger partial charge in [0.1, 0.15) is 6.33 Å². The summed E-state index contributed by atoms with van der Waals surface area (Å²) < 4.78 is 18.9. The molecule has 9 heteroatoms. The largest absolute Gasteiger partial charge is 0.493 e. The first-order chi connectivity index (χ1) is 18.8. The molecule has 0 bridgehead atoms. The van der Waals surface area contributed by atoms with Gasteiger partial charge in [0.15, 0.2) is 11.5 Å². The molecule has 3 aromatic rings. The normalized spacial score (nSPS) is 33.0. The minimum absolute atomic E-state index is 0.0271. The number of ether oxygens (including phenoxy) is 3. The van der Waals surface area contributed by atoms with Gasteiger partial charge < -0.3 is 19.5 Å². The van der Waals surface area contributed by atoms with Crippen molar-refractivity contribution in [3.05, 3.63) is 29.7 Å². The van der Waals surface area contributed by atoms with Crippen LogP contribution in [0.2, 0.25) is 0 Å². The van der Waals surface area contributed by atoms with Gasteiger partial charge in [0.25, 0.3) is 5.78 Å². The lowest BCUT2D eigenvalue weighted by molar-refractivity contribution is -0.134. The third kappa shape index (κ3) is 3.31. The van der Waals surface area contributed by atoms with Crippen molar-refractivity contribution in [2.45, 2.75) is 70.3 Å². The molecule has 39 heavy (non-hydrogen) atoms. The van der Waals surface area contributed by atoms with E-state index in [0.717, 1.165) is 43.4 Å². The summed E-state index contributed by atoms with van der Waals surface area (Å²) in [6.07, 6.45) is 8.64. The highest BCUT2D eigenvalue weighted by atomic mass is 16.5. The van der Waals surface area contributed by atoms with Gasteiger partial charge in [-0.3, -0.25) is 4.79 Å². The summed E-state index contributed by atoms with van der Waals surface area (Å²) in [6.45, 7) is 4.87. The highest BCUT2D eigenvalue weighted by Gasteiger charge is 2.60. The number of carbonyl (C=O) groups excluding carboxylic acids is 1. The van der Waals surface area contributed by atoms with Crippen molar-refractivity contribution in [2.75, 3.05) is 21.3 Å². The van der Waals surface area contributed by atoms with Crippen molar-refractivity contribution in [3.8, 4) is 28.5 Å². The second kappa shape index (κ2) is 8.57. The van der Waals surface area contributed by atoms with E-state index in [9.17, 15) is 4.79 Å². The average molecular weight is 532 g/mol. The van der Waals surface area contributed by atoms with Crippen LogP contribution in [0.25, 0.3) is 17.0 Å². The monoisotopic (exact) mass is 531 g/mol. The van der Waals surface area contributed by atoms with E-state index >= 15 is 0 Å². The molecule has 0 radical (unpaired) electrons. The van der Waals surface area contributed by atoms with Gasteiger partial charge in [0, 0.05) is 29.0 Å². The number of fused-ring (bicyclic) bond motifs is 8. The molecular formula is C30H37N5O4. The molecule has 3 fully saturated rings. The van der Waals surface area contributed by atoms with E-state index in [0.29, 0.717) is 53.2 Å². The molecule has 6 atom stereocenters. The average Bonchev–Trinajstić information content (AvgIpc) is 3.53. The zero-order valence-electron chi connectivity index (χ0n) is 23.4. The Kier molecular flexibility index (Phi) is 5.42. The second-order valence-electron chi connectivity index (χ2n) is 12.4. The van der Waals surface area contributed by atoms with Crippen molar-refractivity contribution < 1.29 is 19.0 Å². The van der Waals surface area contributed by atoms with Crippen molar-refractivity contribution in [1.82, 2.24) is 24.9 Å². The Balaban J connectivity index is 1.36. The minimum atomic E-state index is -0.0271. The van der Waals surface area contributed by atoms with Gasteiger partial charge in [-0.25, -0.2) is 4.98 Å². The Morgan fingerprint density at radius 1 is 1.00 bits per heavy atom. The van der Waals surface area contributed by atoms with Crippen molar-refractivity contribution in [2.24, 2.45) is 23.2 Å². The molecule has 2 saturated carbocycles. The Hall–Kier alpha value is -3.36. The predicted octanol–water partition coefficient (Wildman–Crippen LogP) is 4.35. The summed E-state index contributed by atoms with van der Waals surface area (Å²) in [6, 6.07) is 4.30. The number of nitrogens with zero attached hydrogens (tertiary/aromatic N) is 4. The molecule has 7 rings (SSSR count). The maximum absolute atomic E-state index is 12.2. The highest BCUT2D eigenvalue weighted by molar-refractivity contribution is 5.77. The lowest BCUT2D eigenvalue weighted by Crippen LogP contribution is -2.61. The zero-order valence-corrected chi connectivity index (χ0v) is 23.4. The molecule has 3 heterocycles. The van der Waals surface area contributed by atoms with E-state index < -0.39 is 0 Å². The molecule has 1 N–H and O–H groups in total. The van der Waals surface area contributed by atoms with E-state index in [-0.39, 0.29) is 16.7 Å². The fourth-order valence-electron chi connectivity index (χ4n) is 8.97. The molecule has 0 unspecified atom stereocenters. The van der Waals surface area contributed by atoms with Gasteiger partial charge in [-0.15, -0.1) is 0 Å². The number of amides is 1. The molecule has 1 aliphatic heterocycles. The number of nitrogens with one attached hydrogen (secondary N) is 1. The molecule has 0 spiro atoms. The summed E-state index contributed by atoms with van der Waals surface area (Å²) in [5, 5.41) is 7.96. The van der Waals surface area contributed by atoms with Crippen LogP contribution in [-0.2, 0) is 16.6 Å². The summed E-state index contributed by atoms with van der Waals surface area (Å²) in [5.74, 6) is 4.32. The Morgan fingerprint density at radius 3 is 2.49 bits per heavy atom. The fraction of sp³-hybridized carbons (Fsp3) is 0.600. The Morgan fingerprint density at radius 2 is 1.77 bits per heavy atom. The van der Waals surface area contributed by atoms with Crippen LogP contribution >= 0.6 is 0 Å². The molecule has 206 valence electrons. The van der Waals surface area contributed by atoms with Crippen LogP contribution in [0.4, 0.5) is 0 Å². The first-order valence-corrected chi connectivity index (χ1v) is 14.1. The van der Waals surface area contributed by atoms with Crippen LogP contribution < -0.4 is 19.5 Å². The molecule has 2 aromatic heterocycles. The van der Waals surface area contributed by atoms with Crippen LogP contribution in [0.5, 0.6) is 17.2 Å². The fourth-order valence-corrected chi connectivity index (χ4v) is 8.97. The maximum Gasteiger partial charge on any atom is 0.252 e. The number of piperidine rings is 1. The van der Waals surface area contributed by atoms with E-state index in [4.69, 9.17) is 19.2 Å². The van der Waals surface area contributed by atoms with Gasteiger partial charge in [-0.1, -0.05) is 13.8 Å². The molecule has 1 saturated heterocycles. The van der Waals surface area contributed by atoms with Crippen LogP contribution in [0.1, 0.15) is 63.6 Å². The summed E-state index contributed by atoms with van der Waals surface area (Å²) in [7, 11) is 4.90. The highest BCUT2D eigenvalue weighted by Crippen LogP contribution is 2.63. The Labute approximate surface area is 228 Å². The van der Waals surface area contributed by atoms with Gasteiger partial charge in [0.05, 0.1) is 32.7 Å². The van der Waals surface area contributed by atoms with E-state index in [1.54, 1.807) is 27.7 Å². The van der Waals surface area contributed by atoms with Crippen LogP contribution in [0, 0.1) is 23.2 Å². The van der Waals surface area contributed by atoms with Crippen LogP contribution in [0.15, 0.2) is 18.5 Å².